The molecule has 0 spiro atoms. The van der Waals surface area contributed by atoms with Crippen LogP contribution < -0.4 is 5.73 Å². The second kappa shape index (κ2) is 5.66. The minimum atomic E-state index is -0.382. The maximum absolute atomic E-state index is 11.4. The van der Waals surface area contributed by atoms with Crippen LogP contribution in [0.3, 0.4) is 0 Å². The number of rotatable bonds is 4. The molecule has 15 heavy (non-hydrogen) atoms. The van der Waals surface area contributed by atoms with Gasteiger partial charge in [0.05, 0.1) is 18.2 Å². The molecule has 0 bridgehead atoms. The number of nitriles is 1. The van der Waals surface area contributed by atoms with Gasteiger partial charge in [-0.3, -0.25) is 0 Å². The zero-order chi connectivity index (χ0) is 11.1. The molecule has 0 saturated carbocycles. The van der Waals surface area contributed by atoms with Crippen molar-refractivity contribution in [3.8, 4) is 6.07 Å². The van der Waals surface area contributed by atoms with Gasteiger partial charge in [0.2, 0.25) is 0 Å². The third-order valence-corrected chi connectivity index (χ3v) is 1.81. The van der Waals surface area contributed by atoms with Crippen molar-refractivity contribution in [2.75, 3.05) is 12.3 Å². The molecule has 0 unspecified atom stereocenters. The molecule has 0 amide bonds. The van der Waals surface area contributed by atoms with Crippen LogP contribution in [-0.2, 0) is 4.74 Å². The number of hydrogen-bond acceptors (Lipinski definition) is 4. The quantitative estimate of drug-likeness (QED) is 0.460. The molecule has 1 rings (SSSR count). The second-order valence-electron chi connectivity index (χ2n) is 3.02. The Morgan fingerprint density at radius 1 is 1.40 bits per heavy atom. The molecule has 4 nitrogen and oxygen atoms in total. The van der Waals surface area contributed by atoms with Gasteiger partial charge in [0, 0.05) is 12.1 Å². The van der Waals surface area contributed by atoms with E-state index in [1.165, 1.54) is 0 Å². The first-order valence-electron chi connectivity index (χ1n) is 4.63. The van der Waals surface area contributed by atoms with Crippen LogP contribution >= 0.6 is 0 Å². The Labute approximate surface area is 88.3 Å². The summed E-state index contributed by atoms with van der Waals surface area (Å²) < 4.78 is 4.94. The maximum Gasteiger partial charge on any atom is 0.338 e. The van der Waals surface area contributed by atoms with Crippen LogP contribution in [0.5, 0.6) is 0 Å². The topological polar surface area (TPSA) is 76.1 Å². The highest BCUT2D eigenvalue weighted by atomic mass is 16.5. The Bertz CT molecular complexity index is 365. The SMILES string of the molecule is N#CCCCOC(=O)c1ccc(N)cc1. The number of esters is 1. The van der Waals surface area contributed by atoms with E-state index in [1.807, 2.05) is 6.07 Å². The van der Waals surface area contributed by atoms with Gasteiger partial charge in [-0.15, -0.1) is 0 Å². The van der Waals surface area contributed by atoms with Crippen LogP contribution in [-0.4, -0.2) is 12.6 Å². The molecular weight excluding hydrogens is 192 g/mol. The average molecular weight is 204 g/mol. The van der Waals surface area contributed by atoms with E-state index in [0.29, 0.717) is 24.1 Å². The normalized spacial score (nSPS) is 9.27. The Morgan fingerprint density at radius 3 is 2.67 bits per heavy atom. The number of nitrogen functional groups attached to an aromatic ring is 1. The summed E-state index contributed by atoms with van der Waals surface area (Å²) in [4.78, 5) is 11.4. The van der Waals surface area contributed by atoms with Crippen molar-refractivity contribution in [3.63, 3.8) is 0 Å². The number of carbonyl (C=O) groups excluding carboxylic acids is 1. The van der Waals surface area contributed by atoms with Crippen molar-refractivity contribution in [3.05, 3.63) is 29.8 Å². The van der Waals surface area contributed by atoms with E-state index < -0.39 is 0 Å². The van der Waals surface area contributed by atoms with Crippen LogP contribution in [0, 0.1) is 11.3 Å². The van der Waals surface area contributed by atoms with Gasteiger partial charge in [0.15, 0.2) is 0 Å². The van der Waals surface area contributed by atoms with E-state index in [-0.39, 0.29) is 12.6 Å². The Morgan fingerprint density at radius 2 is 2.07 bits per heavy atom. The van der Waals surface area contributed by atoms with Gasteiger partial charge in [-0.05, 0) is 30.7 Å². The number of anilines is 1. The van der Waals surface area contributed by atoms with E-state index >= 15 is 0 Å². The molecule has 78 valence electrons. The van der Waals surface area contributed by atoms with Crippen molar-refractivity contribution < 1.29 is 9.53 Å². The van der Waals surface area contributed by atoms with Crippen molar-refractivity contribution in [1.29, 1.82) is 5.26 Å². The summed E-state index contributed by atoms with van der Waals surface area (Å²) in [6, 6.07) is 8.50. The zero-order valence-corrected chi connectivity index (χ0v) is 8.27. The standard InChI is InChI=1S/C11H12N2O2/c12-7-1-2-8-15-11(14)9-3-5-10(13)6-4-9/h3-6H,1-2,8,13H2. The molecule has 0 aliphatic rings. The summed E-state index contributed by atoms with van der Waals surface area (Å²) in [5, 5.41) is 8.27. The molecule has 0 heterocycles. The van der Waals surface area contributed by atoms with E-state index in [2.05, 4.69) is 0 Å². The summed E-state index contributed by atoms with van der Waals surface area (Å²) in [6.07, 6.45) is 0.965. The predicted molar refractivity (Wildman–Crippen MR) is 56.0 cm³/mol. The van der Waals surface area contributed by atoms with Gasteiger partial charge in [-0.25, -0.2) is 4.79 Å². The largest absolute Gasteiger partial charge is 0.462 e. The number of nitrogens with two attached hydrogens (primary N) is 1. The van der Waals surface area contributed by atoms with Gasteiger partial charge in [-0.1, -0.05) is 0 Å². The number of nitrogens with zero attached hydrogens (tertiary/aromatic N) is 1. The first kappa shape index (κ1) is 11.1. The van der Waals surface area contributed by atoms with Crippen molar-refractivity contribution in [2.24, 2.45) is 0 Å². The second-order valence-corrected chi connectivity index (χ2v) is 3.02. The summed E-state index contributed by atoms with van der Waals surface area (Å²) in [6.45, 7) is 0.275. The lowest BCUT2D eigenvalue weighted by Crippen LogP contribution is -2.06. The van der Waals surface area contributed by atoms with Gasteiger partial charge in [0.25, 0.3) is 0 Å². The third kappa shape index (κ3) is 3.69. The molecule has 0 saturated heterocycles. The molecule has 0 atom stereocenters. The first-order chi connectivity index (χ1) is 7.24. The van der Waals surface area contributed by atoms with Crippen LogP contribution in [0.1, 0.15) is 23.2 Å². The Hall–Kier alpha value is -2.02. The number of ether oxygens (including phenoxy) is 1. The average Bonchev–Trinajstić information content (AvgIpc) is 2.25. The molecule has 0 aliphatic heterocycles. The monoisotopic (exact) mass is 204 g/mol. The van der Waals surface area contributed by atoms with Crippen molar-refractivity contribution in [2.45, 2.75) is 12.8 Å². The Kier molecular flexibility index (Phi) is 4.17. The third-order valence-electron chi connectivity index (χ3n) is 1.81. The molecule has 1 aromatic carbocycles. The van der Waals surface area contributed by atoms with E-state index in [4.69, 9.17) is 15.7 Å². The van der Waals surface area contributed by atoms with Crippen LogP contribution in [0.2, 0.25) is 0 Å². The van der Waals surface area contributed by atoms with Gasteiger partial charge >= 0.3 is 5.97 Å². The zero-order valence-electron chi connectivity index (χ0n) is 8.27. The minimum absolute atomic E-state index is 0.275. The lowest BCUT2D eigenvalue weighted by Gasteiger charge is -2.03. The molecule has 2 N–H and O–H groups in total. The molecule has 0 radical (unpaired) electrons. The highest BCUT2D eigenvalue weighted by molar-refractivity contribution is 5.89. The summed E-state index contributed by atoms with van der Waals surface area (Å²) >= 11 is 0. The summed E-state index contributed by atoms with van der Waals surface area (Å²) in [7, 11) is 0. The molecular formula is C11H12N2O2. The maximum atomic E-state index is 11.4. The summed E-state index contributed by atoms with van der Waals surface area (Å²) in [5.74, 6) is -0.382. The fourth-order valence-electron chi connectivity index (χ4n) is 1.02. The van der Waals surface area contributed by atoms with E-state index in [1.54, 1.807) is 24.3 Å². The predicted octanol–water partition coefficient (Wildman–Crippen LogP) is 1.73. The van der Waals surface area contributed by atoms with Crippen LogP contribution in [0.4, 0.5) is 5.69 Å². The van der Waals surface area contributed by atoms with Gasteiger partial charge in [-0.2, -0.15) is 5.26 Å². The Balaban J connectivity index is 2.41. The van der Waals surface area contributed by atoms with Crippen LogP contribution in [0.25, 0.3) is 0 Å². The van der Waals surface area contributed by atoms with Crippen molar-refractivity contribution in [1.82, 2.24) is 0 Å². The molecule has 0 aliphatic carbocycles. The number of hydrogen-bond donors (Lipinski definition) is 1. The van der Waals surface area contributed by atoms with Crippen LogP contribution in [0.15, 0.2) is 24.3 Å². The molecule has 0 fully saturated rings. The van der Waals surface area contributed by atoms with Gasteiger partial charge in [0.1, 0.15) is 0 Å². The molecule has 4 heteroatoms. The van der Waals surface area contributed by atoms with E-state index in [0.717, 1.165) is 0 Å². The highest BCUT2D eigenvalue weighted by Gasteiger charge is 2.05. The lowest BCUT2D eigenvalue weighted by molar-refractivity contribution is 0.0502. The fraction of sp³-hybridized carbons (Fsp3) is 0.273. The number of carbonyl (C=O) groups is 1. The smallest absolute Gasteiger partial charge is 0.338 e. The molecule has 0 aromatic heterocycles. The fourth-order valence-corrected chi connectivity index (χ4v) is 1.02. The minimum Gasteiger partial charge on any atom is -0.462 e. The first-order valence-corrected chi connectivity index (χ1v) is 4.63. The lowest BCUT2D eigenvalue weighted by atomic mass is 10.2. The number of unbranched alkanes of at least 4 members (excludes halogenated alkanes) is 1. The van der Waals surface area contributed by atoms with E-state index in [9.17, 15) is 4.79 Å². The van der Waals surface area contributed by atoms with Gasteiger partial charge < -0.3 is 10.5 Å². The number of benzene rings is 1. The molecule has 1 aromatic rings. The summed E-state index contributed by atoms with van der Waals surface area (Å²) in [5.41, 5.74) is 6.56. The van der Waals surface area contributed by atoms with Crippen molar-refractivity contribution >= 4 is 11.7 Å². The highest BCUT2D eigenvalue weighted by Crippen LogP contribution is 2.07.